The van der Waals surface area contributed by atoms with Crippen LogP contribution in [0.2, 0.25) is 0 Å². The Morgan fingerprint density at radius 1 is 0.966 bits per heavy atom. The predicted molar refractivity (Wildman–Crippen MR) is 119 cm³/mol. The standard InChI is InChI=1S/C26H34N2O/c1-19-13-14-21(17-20(19)2)18-27-24-15-16-28(25(24)22-9-5-3-6-10-22)26(29)23-11-7-4-8-12-23/h3,5-6,9-10,13-14,17,23-25,27H,4,7-8,11-12,15-16,18H2,1-2H3. The average Bonchev–Trinajstić information content (AvgIpc) is 3.19. The number of likely N-dealkylation sites (tertiary alicyclic amines) is 1. The Labute approximate surface area is 175 Å². The summed E-state index contributed by atoms with van der Waals surface area (Å²) < 4.78 is 0. The van der Waals surface area contributed by atoms with Gasteiger partial charge in [-0.05, 0) is 55.4 Å². The average molecular weight is 391 g/mol. The quantitative estimate of drug-likeness (QED) is 0.750. The number of amides is 1. The summed E-state index contributed by atoms with van der Waals surface area (Å²) in [5.74, 6) is 0.613. The van der Waals surface area contributed by atoms with Crippen LogP contribution in [0, 0.1) is 19.8 Å². The van der Waals surface area contributed by atoms with Crippen LogP contribution in [0.1, 0.15) is 66.8 Å². The van der Waals surface area contributed by atoms with E-state index in [1.54, 1.807) is 0 Å². The number of nitrogens with zero attached hydrogens (tertiary/aromatic N) is 1. The molecule has 0 bridgehead atoms. The molecule has 0 spiro atoms. The molecule has 29 heavy (non-hydrogen) atoms. The van der Waals surface area contributed by atoms with Crippen LogP contribution in [0.4, 0.5) is 0 Å². The summed E-state index contributed by atoms with van der Waals surface area (Å²) >= 11 is 0. The van der Waals surface area contributed by atoms with E-state index >= 15 is 0 Å². The summed E-state index contributed by atoms with van der Waals surface area (Å²) in [6.07, 6.45) is 6.84. The third kappa shape index (κ3) is 4.56. The fourth-order valence-corrected chi connectivity index (χ4v) is 5.06. The Bertz CT molecular complexity index is 826. The van der Waals surface area contributed by atoms with Gasteiger partial charge in [0.25, 0.3) is 0 Å². The second-order valence-corrected chi connectivity index (χ2v) is 8.92. The van der Waals surface area contributed by atoms with Crippen molar-refractivity contribution in [1.82, 2.24) is 10.2 Å². The summed E-state index contributed by atoms with van der Waals surface area (Å²) in [6.45, 7) is 6.04. The minimum Gasteiger partial charge on any atom is -0.334 e. The highest BCUT2D eigenvalue weighted by Crippen LogP contribution is 2.36. The molecule has 0 radical (unpaired) electrons. The van der Waals surface area contributed by atoms with E-state index in [1.807, 2.05) is 0 Å². The number of carbonyl (C=O) groups is 1. The highest BCUT2D eigenvalue weighted by Gasteiger charge is 2.40. The van der Waals surface area contributed by atoms with Crippen molar-refractivity contribution in [3.63, 3.8) is 0 Å². The highest BCUT2D eigenvalue weighted by atomic mass is 16.2. The monoisotopic (exact) mass is 390 g/mol. The Morgan fingerprint density at radius 3 is 2.45 bits per heavy atom. The van der Waals surface area contributed by atoms with E-state index in [4.69, 9.17) is 0 Å². The van der Waals surface area contributed by atoms with Crippen LogP contribution < -0.4 is 5.32 Å². The topological polar surface area (TPSA) is 32.3 Å². The number of hydrogen-bond acceptors (Lipinski definition) is 2. The molecule has 2 unspecified atom stereocenters. The van der Waals surface area contributed by atoms with Crippen molar-refractivity contribution in [3.05, 3.63) is 70.8 Å². The Balaban J connectivity index is 1.51. The SMILES string of the molecule is Cc1ccc(CNC2CCN(C(=O)C3CCCCC3)C2c2ccccc2)cc1C. The maximum Gasteiger partial charge on any atom is 0.226 e. The van der Waals surface area contributed by atoms with E-state index in [-0.39, 0.29) is 12.0 Å². The molecule has 2 fully saturated rings. The van der Waals surface area contributed by atoms with Gasteiger partial charge in [0, 0.05) is 25.0 Å². The molecule has 1 amide bonds. The lowest BCUT2D eigenvalue weighted by molar-refractivity contribution is -0.137. The van der Waals surface area contributed by atoms with Gasteiger partial charge in [0.15, 0.2) is 0 Å². The van der Waals surface area contributed by atoms with Gasteiger partial charge in [-0.3, -0.25) is 4.79 Å². The summed E-state index contributed by atoms with van der Waals surface area (Å²) in [4.78, 5) is 15.6. The highest BCUT2D eigenvalue weighted by molar-refractivity contribution is 5.80. The van der Waals surface area contributed by atoms with Gasteiger partial charge in [0.05, 0.1) is 6.04 Å². The van der Waals surface area contributed by atoms with Gasteiger partial charge in [0.2, 0.25) is 5.91 Å². The molecule has 3 heteroatoms. The van der Waals surface area contributed by atoms with Crippen molar-refractivity contribution in [1.29, 1.82) is 0 Å². The fourth-order valence-electron chi connectivity index (χ4n) is 5.06. The lowest BCUT2D eigenvalue weighted by Crippen LogP contribution is -2.41. The maximum atomic E-state index is 13.4. The smallest absolute Gasteiger partial charge is 0.226 e. The number of rotatable bonds is 5. The van der Waals surface area contributed by atoms with Gasteiger partial charge < -0.3 is 10.2 Å². The van der Waals surface area contributed by atoms with Gasteiger partial charge >= 0.3 is 0 Å². The summed E-state index contributed by atoms with van der Waals surface area (Å²) in [6, 6.07) is 17.7. The van der Waals surface area contributed by atoms with Crippen LogP contribution in [0.25, 0.3) is 0 Å². The first-order chi connectivity index (χ1) is 14.1. The minimum absolute atomic E-state index is 0.136. The molecular formula is C26H34N2O. The first-order valence-electron chi connectivity index (χ1n) is 11.3. The van der Waals surface area contributed by atoms with E-state index in [9.17, 15) is 4.79 Å². The second kappa shape index (κ2) is 9.13. The van der Waals surface area contributed by atoms with Crippen molar-refractivity contribution < 1.29 is 4.79 Å². The molecule has 1 aliphatic heterocycles. The molecule has 2 aromatic rings. The van der Waals surface area contributed by atoms with Crippen molar-refractivity contribution in [2.24, 2.45) is 5.92 Å². The van der Waals surface area contributed by atoms with E-state index in [2.05, 4.69) is 72.6 Å². The number of aryl methyl sites for hydroxylation is 2. The summed E-state index contributed by atoms with van der Waals surface area (Å²) in [7, 11) is 0. The van der Waals surface area contributed by atoms with Gasteiger partial charge in [0.1, 0.15) is 0 Å². The number of benzene rings is 2. The molecule has 1 N–H and O–H groups in total. The normalized spacial score (nSPS) is 22.8. The van der Waals surface area contributed by atoms with Crippen LogP contribution >= 0.6 is 0 Å². The van der Waals surface area contributed by atoms with Crippen molar-refractivity contribution >= 4 is 5.91 Å². The first-order valence-corrected chi connectivity index (χ1v) is 11.3. The molecule has 1 heterocycles. The van der Waals surface area contributed by atoms with Crippen LogP contribution in [-0.4, -0.2) is 23.4 Å². The molecule has 2 atom stereocenters. The Morgan fingerprint density at radius 2 is 1.72 bits per heavy atom. The zero-order valence-electron chi connectivity index (χ0n) is 17.9. The predicted octanol–water partition coefficient (Wildman–Crippen LogP) is 5.32. The van der Waals surface area contributed by atoms with Crippen molar-refractivity contribution in [2.75, 3.05) is 6.54 Å². The van der Waals surface area contributed by atoms with Gasteiger partial charge in [-0.25, -0.2) is 0 Å². The molecule has 0 aromatic heterocycles. The molecule has 3 nitrogen and oxygen atoms in total. The second-order valence-electron chi connectivity index (χ2n) is 8.92. The van der Waals surface area contributed by atoms with Crippen LogP contribution in [0.5, 0.6) is 0 Å². The molecule has 2 aromatic carbocycles. The van der Waals surface area contributed by atoms with Gasteiger partial charge in [-0.1, -0.05) is 67.8 Å². The molecule has 2 aliphatic rings. The number of nitrogens with one attached hydrogen (secondary N) is 1. The van der Waals surface area contributed by atoms with E-state index < -0.39 is 0 Å². The van der Waals surface area contributed by atoms with Gasteiger partial charge in [-0.15, -0.1) is 0 Å². The van der Waals surface area contributed by atoms with E-state index in [0.29, 0.717) is 11.9 Å². The molecule has 1 aliphatic carbocycles. The fraction of sp³-hybridized carbons (Fsp3) is 0.500. The largest absolute Gasteiger partial charge is 0.334 e. The van der Waals surface area contributed by atoms with Gasteiger partial charge in [-0.2, -0.15) is 0 Å². The Kier molecular flexibility index (Phi) is 6.34. The zero-order chi connectivity index (χ0) is 20.2. The van der Waals surface area contributed by atoms with E-state index in [1.165, 1.54) is 41.5 Å². The van der Waals surface area contributed by atoms with Crippen LogP contribution in [0.3, 0.4) is 0 Å². The molecular weight excluding hydrogens is 356 g/mol. The van der Waals surface area contributed by atoms with Crippen LogP contribution in [-0.2, 0) is 11.3 Å². The van der Waals surface area contributed by atoms with E-state index in [0.717, 1.165) is 32.4 Å². The molecule has 4 rings (SSSR count). The molecule has 1 saturated carbocycles. The Hall–Kier alpha value is -2.13. The molecule has 154 valence electrons. The third-order valence-electron chi connectivity index (χ3n) is 6.92. The first kappa shape index (κ1) is 20.2. The zero-order valence-corrected chi connectivity index (χ0v) is 17.9. The number of hydrogen-bond donors (Lipinski definition) is 1. The van der Waals surface area contributed by atoms with Crippen molar-refractivity contribution in [3.8, 4) is 0 Å². The summed E-state index contributed by atoms with van der Waals surface area (Å²) in [5.41, 5.74) is 5.24. The lowest BCUT2D eigenvalue weighted by atomic mass is 9.87. The lowest BCUT2D eigenvalue weighted by Gasteiger charge is -2.33. The molecule has 1 saturated heterocycles. The number of carbonyl (C=O) groups excluding carboxylic acids is 1. The van der Waals surface area contributed by atoms with Crippen molar-refractivity contribution in [2.45, 2.75) is 71.0 Å². The minimum atomic E-state index is 0.136. The third-order valence-corrected chi connectivity index (χ3v) is 6.92. The maximum absolute atomic E-state index is 13.4. The summed E-state index contributed by atoms with van der Waals surface area (Å²) in [5, 5.41) is 3.79. The van der Waals surface area contributed by atoms with Crippen LogP contribution in [0.15, 0.2) is 48.5 Å².